The van der Waals surface area contributed by atoms with E-state index < -0.39 is 0 Å². The van der Waals surface area contributed by atoms with Crippen LogP contribution < -0.4 is 0 Å². The average molecular weight is 178 g/mol. The quantitative estimate of drug-likeness (QED) is 0.662. The van der Waals surface area contributed by atoms with Crippen LogP contribution in [0.1, 0.15) is 18.1 Å². The highest BCUT2D eigenvalue weighted by Gasteiger charge is 1.97. The molecule has 1 aromatic carbocycles. The second kappa shape index (κ2) is 4.65. The van der Waals surface area contributed by atoms with Crippen molar-refractivity contribution in [1.82, 2.24) is 0 Å². The standard InChI is InChI=1S/C11H14O2/c1-9-5-3-4-6-11(9)7-8-13-10(2)12/h3-6H,7-8H2,1-2H3. The molecule has 0 amide bonds. The molecule has 0 aliphatic heterocycles. The summed E-state index contributed by atoms with van der Waals surface area (Å²) in [5, 5.41) is 0. The Bertz CT molecular complexity index is 292. The molecule has 0 saturated heterocycles. The van der Waals surface area contributed by atoms with Crippen LogP contribution >= 0.6 is 0 Å². The molecule has 0 aliphatic carbocycles. The van der Waals surface area contributed by atoms with Gasteiger partial charge >= 0.3 is 5.97 Å². The van der Waals surface area contributed by atoms with Crippen LogP contribution in [0, 0.1) is 6.92 Å². The van der Waals surface area contributed by atoms with Crippen molar-refractivity contribution in [2.45, 2.75) is 20.3 Å². The topological polar surface area (TPSA) is 26.3 Å². The van der Waals surface area contributed by atoms with Gasteiger partial charge in [0, 0.05) is 13.3 Å². The normalized spacial score (nSPS) is 9.69. The van der Waals surface area contributed by atoms with Gasteiger partial charge in [-0.25, -0.2) is 0 Å². The van der Waals surface area contributed by atoms with Crippen molar-refractivity contribution < 1.29 is 9.53 Å². The van der Waals surface area contributed by atoms with Gasteiger partial charge in [-0.1, -0.05) is 24.3 Å². The van der Waals surface area contributed by atoms with E-state index in [1.54, 1.807) is 0 Å². The second-order valence-electron chi connectivity index (χ2n) is 3.02. The zero-order chi connectivity index (χ0) is 9.68. The molecule has 0 spiro atoms. The molecule has 2 heteroatoms. The van der Waals surface area contributed by atoms with Crippen molar-refractivity contribution in [3.8, 4) is 0 Å². The molecule has 1 rings (SSSR count). The highest BCUT2D eigenvalue weighted by molar-refractivity contribution is 5.65. The van der Waals surface area contributed by atoms with Gasteiger partial charge in [0.1, 0.15) is 0 Å². The summed E-state index contributed by atoms with van der Waals surface area (Å²) in [5.74, 6) is -0.214. The highest BCUT2D eigenvalue weighted by atomic mass is 16.5. The van der Waals surface area contributed by atoms with Crippen LogP contribution in [-0.4, -0.2) is 12.6 Å². The number of esters is 1. The summed E-state index contributed by atoms with van der Waals surface area (Å²) >= 11 is 0. The van der Waals surface area contributed by atoms with Gasteiger partial charge in [0.2, 0.25) is 0 Å². The molecule has 13 heavy (non-hydrogen) atoms. The van der Waals surface area contributed by atoms with E-state index in [1.165, 1.54) is 18.1 Å². The van der Waals surface area contributed by atoms with Crippen LogP contribution in [0.5, 0.6) is 0 Å². The fourth-order valence-electron chi connectivity index (χ4n) is 1.20. The van der Waals surface area contributed by atoms with E-state index in [2.05, 4.69) is 19.1 Å². The Morgan fingerprint density at radius 1 is 1.38 bits per heavy atom. The second-order valence-corrected chi connectivity index (χ2v) is 3.02. The van der Waals surface area contributed by atoms with Crippen molar-refractivity contribution >= 4 is 5.97 Å². The number of carbonyl (C=O) groups excluding carboxylic acids is 1. The number of hydrogen-bond donors (Lipinski definition) is 0. The Kier molecular flexibility index (Phi) is 3.50. The molecule has 0 aromatic heterocycles. The molecule has 0 heterocycles. The van der Waals surface area contributed by atoms with Crippen molar-refractivity contribution in [3.63, 3.8) is 0 Å². The maximum Gasteiger partial charge on any atom is 0.302 e. The lowest BCUT2D eigenvalue weighted by Gasteiger charge is -2.04. The Labute approximate surface area is 78.5 Å². The first-order chi connectivity index (χ1) is 6.20. The van der Waals surface area contributed by atoms with Crippen molar-refractivity contribution in [1.29, 1.82) is 0 Å². The smallest absolute Gasteiger partial charge is 0.302 e. The summed E-state index contributed by atoms with van der Waals surface area (Å²) in [6, 6.07) is 8.11. The third kappa shape index (κ3) is 3.28. The van der Waals surface area contributed by atoms with E-state index in [0.29, 0.717) is 6.61 Å². The van der Waals surface area contributed by atoms with Gasteiger partial charge < -0.3 is 4.74 Å². The zero-order valence-electron chi connectivity index (χ0n) is 8.04. The lowest BCUT2D eigenvalue weighted by atomic mass is 10.1. The Hall–Kier alpha value is -1.31. The van der Waals surface area contributed by atoms with Crippen LogP contribution in [0.15, 0.2) is 24.3 Å². The summed E-state index contributed by atoms with van der Waals surface area (Å²) in [7, 11) is 0. The fraction of sp³-hybridized carbons (Fsp3) is 0.364. The molecule has 0 N–H and O–H groups in total. The first-order valence-electron chi connectivity index (χ1n) is 4.38. The zero-order valence-corrected chi connectivity index (χ0v) is 8.04. The number of aryl methyl sites for hydroxylation is 1. The first-order valence-corrected chi connectivity index (χ1v) is 4.38. The van der Waals surface area contributed by atoms with Crippen molar-refractivity contribution in [2.75, 3.05) is 6.61 Å². The summed E-state index contributed by atoms with van der Waals surface area (Å²) in [4.78, 5) is 10.5. The van der Waals surface area contributed by atoms with Crippen LogP contribution in [0.4, 0.5) is 0 Å². The van der Waals surface area contributed by atoms with E-state index in [-0.39, 0.29) is 5.97 Å². The molecular weight excluding hydrogens is 164 g/mol. The molecule has 0 radical (unpaired) electrons. The van der Waals surface area contributed by atoms with Crippen LogP contribution in [0.3, 0.4) is 0 Å². The molecule has 0 unspecified atom stereocenters. The van der Waals surface area contributed by atoms with Gasteiger partial charge in [0.05, 0.1) is 6.61 Å². The minimum Gasteiger partial charge on any atom is -0.466 e. The third-order valence-electron chi connectivity index (χ3n) is 1.94. The predicted molar refractivity (Wildman–Crippen MR) is 51.5 cm³/mol. The average Bonchev–Trinajstić information content (AvgIpc) is 2.08. The molecular formula is C11H14O2. The van der Waals surface area contributed by atoms with Crippen molar-refractivity contribution in [3.05, 3.63) is 35.4 Å². The van der Waals surface area contributed by atoms with E-state index in [0.717, 1.165) is 6.42 Å². The fourth-order valence-corrected chi connectivity index (χ4v) is 1.20. The van der Waals surface area contributed by atoms with Gasteiger partial charge in [0.15, 0.2) is 0 Å². The van der Waals surface area contributed by atoms with Crippen LogP contribution in [-0.2, 0) is 16.0 Å². The monoisotopic (exact) mass is 178 g/mol. The summed E-state index contributed by atoms with van der Waals surface area (Å²) < 4.78 is 4.86. The Balaban J connectivity index is 2.45. The maximum absolute atomic E-state index is 10.5. The van der Waals surface area contributed by atoms with E-state index in [1.807, 2.05) is 12.1 Å². The maximum atomic E-state index is 10.5. The predicted octanol–water partition coefficient (Wildman–Crippen LogP) is 2.10. The lowest BCUT2D eigenvalue weighted by molar-refractivity contribution is -0.140. The number of ether oxygens (including phenoxy) is 1. The van der Waals surface area contributed by atoms with Gasteiger partial charge in [-0.3, -0.25) is 4.79 Å². The summed E-state index contributed by atoms with van der Waals surface area (Å²) in [6.45, 7) is 3.96. The molecule has 2 nitrogen and oxygen atoms in total. The van der Waals surface area contributed by atoms with E-state index in [9.17, 15) is 4.79 Å². The molecule has 0 aliphatic rings. The summed E-state index contributed by atoms with van der Waals surface area (Å²) in [6.07, 6.45) is 0.798. The SMILES string of the molecule is CC(=O)OCCc1ccccc1C. The van der Waals surface area contributed by atoms with E-state index >= 15 is 0 Å². The van der Waals surface area contributed by atoms with Crippen LogP contribution in [0.2, 0.25) is 0 Å². The molecule has 1 aromatic rings. The molecule has 70 valence electrons. The minimum atomic E-state index is -0.214. The van der Waals surface area contributed by atoms with Gasteiger partial charge in [-0.05, 0) is 18.1 Å². The van der Waals surface area contributed by atoms with Crippen LogP contribution in [0.25, 0.3) is 0 Å². The van der Waals surface area contributed by atoms with Crippen molar-refractivity contribution in [2.24, 2.45) is 0 Å². The van der Waals surface area contributed by atoms with Gasteiger partial charge in [-0.15, -0.1) is 0 Å². The number of carbonyl (C=O) groups is 1. The lowest BCUT2D eigenvalue weighted by Crippen LogP contribution is -2.03. The number of rotatable bonds is 3. The first kappa shape index (κ1) is 9.78. The number of hydrogen-bond acceptors (Lipinski definition) is 2. The number of benzene rings is 1. The Morgan fingerprint density at radius 2 is 2.08 bits per heavy atom. The summed E-state index contributed by atoms with van der Waals surface area (Å²) in [5.41, 5.74) is 2.48. The highest BCUT2D eigenvalue weighted by Crippen LogP contribution is 2.07. The largest absolute Gasteiger partial charge is 0.466 e. The van der Waals surface area contributed by atoms with E-state index in [4.69, 9.17) is 4.74 Å². The molecule has 0 atom stereocenters. The molecule has 0 saturated carbocycles. The van der Waals surface area contributed by atoms with Gasteiger partial charge in [-0.2, -0.15) is 0 Å². The third-order valence-corrected chi connectivity index (χ3v) is 1.94. The molecule has 0 bridgehead atoms. The Morgan fingerprint density at radius 3 is 2.69 bits per heavy atom. The van der Waals surface area contributed by atoms with Gasteiger partial charge in [0.25, 0.3) is 0 Å². The minimum absolute atomic E-state index is 0.214. The molecule has 0 fully saturated rings.